The van der Waals surface area contributed by atoms with Crippen molar-refractivity contribution in [3.63, 3.8) is 0 Å². The summed E-state index contributed by atoms with van der Waals surface area (Å²) in [6.07, 6.45) is 4.09. The molecule has 2 atom stereocenters. The van der Waals surface area contributed by atoms with Gasteiger partial charge in [-0.1, -0.05) is 43.5 Å². The third kappa shape index (κ3) is 5.96. The average molecular weight is 427 g/mol. The monoisotopic (exact) mass is 426 g/mol. The first-order valence-corrected chi connectivity index (χ1v) is 10.8. The van der Waals surface area contributed by atoms with Crippen LogP contribution in [0.1, 0.15) is 57.4 Å². The maximum Gasteiger partial charge on any atom is 0.321 e. The second-order valence-electron chi connectivity index (χ2n) is 8.07. The van der Waals surface area contributed by atoms with Gasteiger partial charge in [-0.15, -0.1) is 0 Å². The minimum absolute atomic E-state index is 0.0901. The van der Waals surface area contributed by atoms with Crippen LogP contribution in [0.15, 0.2) is 36.4 Å². The van der Waals surface area contributed by atoms with E-state index in [1.165, 1.54) is 13.3 Å². The molecule has 2 N–H and O–H groups in total. The second kappa shape index (κ2) is 10.3. The van der Waals surface area contributed by atoms with Crippen molar-refractivity contribution in [3.05, 3.63) is 42.0 Å². The number of rotatable bonds is 6. The fourth-order valence-corrected chi connectivity index (χ4v) is 3.79. The lowest BCUT2D eigenvalue weighted by Gasteiger charge is -2.23. The molecule has 1 fully saturated rings. The average Bonchev–Trinajstić information content (AvgIpc) is 2.78. The number of carbonyl (C=O) groups is 3. The number of methoxy groups -OCH3 is 1. The van der Waals surface area contributed by atoms with Crippen molar-refractivity contribution in [2.45, 2.75) is 64.0 Å². The van der Waals surface area contributed by atoms with E-state index in [9.17, 15) is 14.4 Å². The number of imide groups is 1. The van der Waals surface area contributed by atoms with Crippen LogP contribution in [0.2, 0.25) is 0 Å². The van der Waals surface area contributed by atoms with Crippen molar-refractivity contribution < 1.29 is 23.9 Å². The normalized spacial score (nSPS) is 16.2. The maximum absolute atomic E-state index is 12.6. The minimum atomic E-state index is -1.07. The number of urea groups is 1. The molecule has 1 aliphatic carbocycles. The van der Waals surface area contributed by atoms with Crippen molar-refractivity contribution in [2.24, 2.45) is 0 Å². The van der Waals surface area contributed by atoms with E-state index >= 15 is 0 Å². The fraction of sp³-hybridized carbons (Fsp3) is 0.458. The highest BCUT2D eigenvalue weighted by atomic mass is 16.5. The number of fused-ring (bicyclic) bond motifs is 1. The summed E-state index contributed by atoms with van der Waals surface area (Å²) >= 11 is 0. The van der Waals surface area contributed by atoms with Gasteiger partial charge in [0.05, 0.1) is 13.0 Å². The smallest absolute Gasteiger partial charge is 0.321 e. The molecule has 7 heteroatoms. The van der Waals surface area contributed by atoms with Crippen LogP contribution >= 0.6 is 0 Å². The van der Waals surface area contributed by atoms with E-state index in [0.717, 1.165) is 47.8 Å². The van der Waals surface area contributed by atoms with Crippen molar-refractivity contribution in [3.8, 4) is 5.75 Å². The molecule has 0 aromatic heterocycles. The van der Waals surface area contributed by atoms with Gasteiger partial charge in [0.1, 0.15) is 5.75 Å². The molecule has 0 saturated heterocycles. The van der Waals surface area contributed by atoms with Crippen molar-refractivity contribution in [2.75, 3.05) is 7.11 Å². The number of hydrogen-bond acceptors (Lipinski definition) is 5. The summed E-state index contributed by atoms with van der Waals surface area (Å²) in [7, 11) is 1.62. The van der Waals surface area contributed by atoms with Crippen LogP contribution in [0.5, 0.6) is 5.75 Å². The Bertz CT molecular complexity index is 952. The van der Waals surface area contributed by atoms with E-state index in [2.05, 4.69) is 10.6 Å². The van der Waals surface area contributed by atoms with Gasteiger partial charge in [-0.25, -0.2) is 4.79 Å². The molecule has 166 valence electrons. The first-order chi connectivity index (χ1) is 14.9. The van der Waals surface area contributed by atoms with Crippen molar-refractivity contribution in [1.29, 1.82) is 0 Å². The van der Waals surface area contributed by atoms with Gasteiger partial charge in [0.2, 0.25) is 0 Å². The largest absolute Gasteiger partial charge is 0.497 e. The number of ether oxygens (including phenoxy) is 2. The predicted octanol–water partition coefficient (Wildman–Crippen LogP) is 4.04. The minimum Gasteiger partial charge on any atom is -0.497 e. The Morgan fingerprint density at radius 2 is 1.65 bits per heavy atom. The molecule has 0 heterocycles. The van der Waals surface area contributed by atoms with Gasteiger partial charge in [0, 0.05) is 6.04 Å². The Morgan fingerprint density at radius 3 is 2.35 bits per heavy atom. The highest BCUT2D eigenvalue weighted by Gasteiger charge is 2.25. The Balaban J connectivity index is 1.54. The lowest BCUT2D eigenvalue weighted by Crippen LogP contribution is -2.48. The molecule has 3 amide bonds. The standard InChI is InChI=1S/C24H30N2O5/c1-15(17-9-10-19-14-21(30-3)12-11-18(19)13-17)23(28)31-16(2)22(27)26-24(29)25-20-7-5-4-6-8-20/h9-16,20H,4-8H2,1-3H3,(H2,25,26,27,29)/t15-,16-/m0/s1. The number of benzene rings is 2. The van der Waals surface area contributed by atoms with E-state index in [-0.39, 0.29) is 6.04 Å². The van der Waals surface area contributed by atoms with Gasteiger partial charge in [-0.2, -0.15) is 0 Å². The van der Waals surface area contributed by atoms with Gasteiger partial charge in [-0.05, 0) is 55.2 Å². The molecule has 1 aliphatic rings. The summed E-state index contributed by atoms with van der Waals surface area (Å²) in [5, 5.41) is 7.05. The van der Waals surface area contributed by atoms with E-state index in [0.29, 0.717) is 0 Å². The summed E-state index contributed by atoms with van der Waals surface area (Å²) in [4.78, 5) is 36.9. The number of amides is 3. The summed E-state index contributed by atoms with van der Waals surface area (Å²) in [5.41, 5.74) is 0.783. The molecule has 0 aliphatic heterocycles. The maximum atomic E-state index is 12.6. The Labute approximate surface area is 182 Å². The lowest BCUT2D eigenvalue weighted by molar-refractivity contribution is -0.155. The van der Waals surface area contributed by atoms with Gasteiger partial charge < -0.3 is 14.8 Å². The third-order valence-electron chi connectivity index (χ3n) is 5.76. The Morgan fingerprint density at radius 1 is 0.968 bits per heavy atom. The van der Waals surface area contributed by atoms with Crippen molar-refractivity contribution in [1.82, 2.24) is 10.6 Å². The zero-order valence-electron chi connectivity index (χ0n) is 18.3. The number of nitrogens with one attached hydrogen (secondary N) is 2. The molecular weight excluding hydrogens is 396 g/mol. The molecule has 0 unspecified atom stereocenters. The first-order valence-electron chi connectivity index (χ1n) is 10.8. The van der Waals surface area contributed by atoms with Gasteiger partial charge in [0.15, 0.2) is 6.10 Å². The number of esters is 1. The van der Waals surface area contributed by atoms with Crippen LogP contribution < -0.4 is 15.4 Å². The van der Waals surface area contributed by atoms with E-state index in [1.807, 2.05) is 36.4 Å². The number of carbonyl (C=O) groups excluding carboxylic acids is 3. The summed E-state index contributed by atoms with van der Waals surface area (Å²) in [5.74, 6) is -0.958. The third-order valence-corrected chi connectivity index (χ3v) is 5.76. The Kier molecular flexibility index (Phi) is 7.50. The molecule has 0 radical (unpaired) electrons. The zero-order valence-corrected chi connectivity index (χ0v) is 18.3. The van der Waals surface area contributed by atoms with E-state index in [4.69, 9.17) is 9.47 Å². The van der Waals surface area contributed by atoms with E-state index < -0.39 is 29.9 Å². The second-order valence-corrected chi connectivity index (χ2v) is 8.07. The van der Waals surface area contributed by atoms with Crippen molar-refractivity contribution >= 4 is 28.7 Å². The molecule has 1 saturated carbocycles. The van der Waals surface area contributed by atoms with Crippen LogP contribution in [0.4, 0.5) is 4.79 Å². The molecular formula is C24H30N2O5. The molecule has 31 heavy (non-hydrogen) atoms. The Hall–Kier alpha value is -3.09. The number of hydrogen-bond donors (Lipinski definition) is 2. The van der Waals surface area contributed by atoms with Crippen LogP contribution in [0.25, 0.3) is 10.8 Å². The summed E-state index contributed by atoms with van der Waals surface area (Å²) in [6.45, 7) is 3.19. The first kappa shape index (κ1) is 22.6. The van der Waals surface area contributed by atoms with E-state index in [1.54, 1.807) is 14.0 Å². The molecule has 7 nitrogen and oxygen atoms in total. The molecule has 0 spiro atoms. The SMILES string of the molecule is COc1ccc2cc([C@H](C)C(=O)O[C@@H](C)C(=O)NC(=O)NC3CCCCC3)ccc2c1. The lowest BCUT2D eigenvalue weighted by atomic mass is 9.96. The summed E-state index contributed by atoms with van der Waals surface area (Å²) in [6, 6.07) is 11.0. The van der Waals surface area contributed by atoms with Gasteiger partial charge in [-0.3, -0.25) is 14.9 Å². The molecule has 3 rings (SSSR count). The topological polar surface area (TPSA) is 93.7 Å². The highest BCUT2D eigenvalue weighted by molar-refractivity contribution is 5.97. The molecule has 2 aromatic rings. The van der Waals surface area contributed by atoms with Gasteiger partial charge in [0.25, 0.3) is 5.91 Å². The van der Waals surface area contributed by atoms with Crippen LogP contribution in [0.3, 0.4) is 0 Å². The molecule has 0 bridgehead atoms. The van der Waals surface area contributed by atoms with Crippen LogP contribution in [-0.2, 0) is 14.3 Å². The highest BCUT2D eigenvalue weighted by Crippen LogP contribution is 2.26. The quantitative estimate of drug-likeness (QED) is 0.680. The van der Waals surface area contributed by atoms with Crippen LogP contribution in [0, 0.1) is 0 Å². The van der Waals surface area contributed by atoms with Crippen LogP contribution in [-0.4, -0.2) is 37.2 Å². The fourth-order valence-electron chi connectivity index (χ4n) is 3.79. The summed E-state index contributed by atoms with van der Waals surface area (Å²) < 4.78 is 10.6. The van der Waals surface area contributed by atoms with Gasteiger partial charge >= 0.3 is 12.0 Å². The molecule has 2 aromatic carbocycles. The zero-order chi connectivity index (χ0) is 22.4. The predicted molar refractivity (Wildman–Crippen MR) is 118 cm³/mol.